The average Bonchev–Trinajstić information content (AvgIpc) is 2.25. The zero-order chi connectivity index (χ0) is 16.3. The molecule has 9 heteroatoms. The van der Waals surface area contributed by atoms with Crippen LogP contribution in [-0.2, 0) is 24.0 Å². The summed E-state index contributed by atoms with van der Waals surface area (Å²) < 4.78 is 0. The number of carbonyl (C=O) groups is 5. The number of ketones is 1. The first kappa shape index (κ1) is 16.6. The summed E-state index contributed by atoms with van der Waals surface area (Å²) in [5, 5.41) is 35.5. The van der Waals surface area contributed by atoms with E-state index < -0.39 is 53.8 Å². The third-order valence-corrected chi connectivity index (χ3v) is 3.34. The van der Waals surface area contributed by atoms with E-state index in [-0.39, 0.29) is 18.8 Å². The first-order valence-electron chi connectivity index (χ1n) is 5.92. The van der Waals surface area contributed by atoms with Gasteiger partial charge in [-0.3, -0.25) is 24.0 Å². The Kier molecular flexibility index (Phi) is 5.01. The molecule has 1 saturated carbocycles. The molecule has 0 aromatic carbocycles. The Labute approximate surface area is 118 Å². The summed E-state index contributed by atoms with van der Waals surface area (Å²) in [7, 11) is 0. The van der Waals surface area contributed by atoms with E-state index in [4.69, 9.17) is 20.4 Å². The molecule has 0 saturated heterocycles. The minimum Gasteiger partial charge on any atom is -0.481 e. The smallest absolute Gasteiger partial charge is 0.318 e. The molecule has 21 heavy (non-hydrogen) atoms. The van der Waals surface area contributed by atoms with Crippen molar-refractivity contribution in [1.29, 1.82) is 0 Å². The van der Waals surface area contributed by atoms with Gasteiger partial charge in [0.15, 0.2) is 11.8 Å². The number of Topliss-reactive ketones (excluding diaryl/α,β-unsaturated/α-hetero) is 1. The molecule has 0 aliphatic heterocycles. The summed E-state index contributed by atoms with van der Waals surface area (Å²) in [4.78, 5) is 55.4. The normalized spacial score (nSPS) is 19.7. The highest BCUT2D eigenvalue weighted by atomic mass is 16.4. The molecule has 0 amide bonds. The van der Waals surface area contributed by atoms with Crippen molar-refractivity contribution < 1.29 is 44.4 Å². The third-order valence-electron chi connectivity index (χ3n) is 3.34. The zero-order valence-electron chi connectivity index (χ0n) is 10.7. The van der Waals surface area contributed by atoms with E-state index in [0.717, 1.165) is 0 Å². The Morgan fingerprint density at radius 1 is 0.857 bits per heavy atom. The Morgan fingerprint density at radius 2 is 1.33 bits per heavy atom. The molecule has 1 aliphatic rings. The molecule has 0 aromatic rings. The van der Waals surface area contributed by atoms with Crippen molar-refractivity contribution in [1.82, 2.24) is 0 Å². The van der Waals surface area contributed by atoms with Crippen LogP contribution in [0.25, 0.3) is 0 Å². The molecule has 1 unspecified atom stereocenters. The highest BCUT2D eigenvalue weighted by Gasteiger charge is 2.46. The Hall–Kier alpha value is -2.45. The highest BCUT2D eigenvalue weighted by molar-refractivity contribution is 5.98. The van der Waals surface area contributed by atoms with Gasteiger partial charge in [-0.2, -0.15) is 0 Å². The van der Waals surface area contributed by atoms with Gasteiger partial charge in [-0.1, -0.05) is 0 Å². The van der Waals surface area contributed by atoms with Crippen molar-refractivity contribution in [2.75, 3.05) is 0 Å². The minimum absolute atomic E-state index is 0.177. The van der Waals surface area contributed by atoms with E-state index in [1.165, 1.54) is 0 Å². The summed E-state index contributed by atoms with van der Waals surface area (Å²) >= 11 is 0. The molecular weight excluding hydrogens is 288 g/mol. The van der Waals surface area contributed by atoms with Crippen LogP contribution in [0.3, 0.4) is 0 Å². The quantitative estimate of drug-likeness (QED) is 0.473. The first-order valence-corrected chi connectivity index (χ1v) is 5.92. The second-order valence-corrected chi connectivity index (χ2v) is 4.81. The lowest BCUT2D eigenvalue weighted by Gasteiger charge is -2.31. The molecule has 1 rings (SSSR count). The second kappa shape index (κ2) is 6.33. The number of hydrogen-bond donors (Lipinski definition) is 4. The molecule has 4 N–H and O–H groups in total. The molecule has 0 spiro atoms. The van der Waals surface area contributed by atoms with Crippen LogP contribution in [0.2, 0.25) is 0 Å². The van der Waals surface area contributed by atoms with Crippen LogP contribution in [0.5, 0.6) is 0 Å². The fourth-order valence-corrected chi connectivity index (χ4v) is 2.52. The summed E-state index contributed by atoms with van der Waals surface area (Å²) in [6, 6.07) is 0. The van der Waals surface area contributed by atoms with Crippen LogP contribution in [0, 0.1) is 23.7 Å². The lowest BCUT2D eigenvalue weighted by atomic mass is 9.70. The molecule has 1 radical (unpaired) electrons. The zero-order valence-corrected chi connectivity index (χ0v) is 10.7. The Bertz CT molecular complexity index is 425. The van der Waals surface area contributed by atoms with E-state index in [9.17, 15) is 24.0 Å². The SMILES string of the molecule is O=C1C[C](C(C(=O)O)C(=O)O)CC(C(C(=O)O)C(=O)O)C1. The molecule has 115 valence electrons. The van der Waals surface area contributed by atoms with Crippen LogP contribution >= 0.6 is 0 Å². The monoisotopic (exact) mass is 301 g/mol. The lowest BCUT2D eigenvalue weighted by molar-refractivity contribution is -0.157. The largest absolute Gasteiger partial charge is 0.481 e. The number of carbonyl (C=O) groups excluding carboxylic acids is 1. The maximum absolute atomic E-state index is 11.6. The maximum atomic E-state index is 11.6. The van der Waals surface area contributed by atoms with Crippen LogP contribution in [0.1, 0.15) is 19.3 Å². The third kappa shape index (κ3) is 3.77. The van der Waals surface area contributed by atoms with Crippen molar-refractivity contribution in [2.45, 2.75) is 19.3 Å². The van der Waals surface area contributed by atoms with Gasteiger partial charge in [-0.05, 0) is 12.3 Å². The van der Waals surface area contributed by atoms with Gasteiger partial charge in [0.2, 0.25) is 0 Å². The predicted molar refractivity (Wildman–Crippen MR) is 63.1 cm³/mol. The van der Waals surface area contributed by atoms with E-state index in [1.54, 1.807) is 0 Å². The van der Waals surface area contributed by atoms with Gasteiger partial charge < -0.3 is 20.4 Å². The Morgan fingerprint density at radius 3 is 1.71 bits per heavy atom. The van der Waals surface area contributed by atoms with Gasteiger partial charge in [0, 0.05) is 18.8 Å². The number of carboxylic acids is 4. The van der Waals surface area contributed by atoms with Crippen molar-refractivity contribution in [2.24, 2.45) is 17.8 Å². The molecule has 0 heterocycles. The molecule has 1 atom stereocenters. The lowest BCUT2D eigenvalue weighted by Crippen LogP contribution is -2.40. The molecular formula is C12H13O9. The van der Waals surface area contributed by atoms with E-state index in [0.29, 0.717) is 0 Å². The van der Waals surface area contributed by atoms with Gasteiger partial charge in [0.25, 0.3) is 0 Å². The highest BCUT2D eigenvalue weighted by Crippen LogP contribution is 2.38. The summed E-state index contributed by atoms with van der Waals surface area (Å²) in [5.41, 5.74) is 0. The molecule has 1 fully saturated rings. The number of aliphatic carboxylic acids is 4. The van der Waals surface area contributed by atoms with Crippen LogP contribution in [-0.4, -0.2) is 50.1 Å². The second-order valence-electron chi connectivity index (χ2n) is 4.81. The van der Waals surface area contributed by atoms with Crippen molar-refractivity contribution in [3.8, 4) is 0 Å². The number of hydrogen-bond acceptors (Lipinski definition) is 5. The van der Waals surface area contributed by atoms with Gasteiger partial charge >= 0.3 is 23.9 Å². The number of rotatable bonds is 6. The van der Waals surface area contributed by atoms with E-state index in [2.05, 4.69) is 0 Å². The minimum atomic E-state index is -1.94. The summed E-state index contributed by atoms with van der Waals surface area (Å²) in [6.07, 6.45) is -1.07. The fraction of sp³-hybridized carbons (Fsp3) is 0.500. The molecule has 0 bridgehead atoms. The predicted octanol–water partition coefficient (Wildman–Crippen LogP) is -0.499. The fourth-order valence-electron chi connectivity index (χ4n) is 2.52. The van der Waals surface area contributed by atoms with Crippen LogP contribution in [0.15, 0.2) is 0 Å². The topological polar surface area (TPSA) is 166 Å². The molecule has 1 aliphatic carbocycles. The van der Waals surface area contributed by atoms with Crippen molar-refractivity contribution in [3.63, 3.8) is 0 Å². The van der Waals surface area contributed by atoms with E-state index >= 15 is 0 Å². The maximum Gasteiger partial charge on any atom is 0.318 e. The summed E-state index contributed by atoms with van der Waals surface area (Å²) in [6.45, 7) is 0. The van der Waals surface area contributed by atoms with Crippen LogP contribution < -0.4 is 0 Å². The first-order chi connectivity index (χ1) is 9.65. The summed E-state index contributed by atoms with van der Waals surface area (Å²) in [5.74, 6) is -12.4. The number of carboxylic acid groups (broad SMARTS) is 4. The van der Waals surface area contributed by atoms with Gasteiger partial charge in [0.05, 0.1) is 0 Å². The van der Waals surface area contributed by atoms with Gasteiger partial charge in [-0.15, -0.1) is 0 Å². The van der Waals surface area contributed by atoms with Crippen molar-refractivity contribution >= 4 is 29.7 Å². The van der Waals surface area contributed by atoms with E-state index in [1.807, 2.05) is 0 Å². The molecule has 0 aromatic heterocycles. The van der Waals surface area contributed by atoms with Gasteiger partial charge in [-0.25, -0.2) is 0 Å². The average molecular weight is 301 g/mol. The molecule has 9 nitrogen and oxygen atoms in total. The van der Waals surface area contributed by atoms with Crippen molar-refractivity contribution in [3.05, 3.63) is 5.92 Å². The van der Waals surface area contributed by atoms with Gasteiger partial charge in [0.1, 0.15) is 5.78 Å². The Balaban J connectivity index is 3.04. The van der Waals surface area contributed by atoms with Crippen LogP contribution in [0.4, 0.5) is 0 Å². The standard InChI is InChI=1S/C12H13O9/c13-6-2-4(7(9(14)15)10(16)17)1-5(3-6)8(11(18)19)12(20)21/h4,7-8H,1-3H2,(H,14,15)(H,16,17)(H,18,19)(H,20,21).